The quantitative estimate of drug-likeness (QED) is 0.277. The Balaban J connectivity index is 1.70. The van der Waals surface area contributed by atoms with E-state index in [0.717, 1.165) is 3.97 Å². The van der Waals surface area contributed by atoms with E-state index in [9.17, 15) is 13.1 Å². The van der Waals surface area contributed by atoms with Crippen LogP contribution >= 0.6 is 12.3 Å². The Morgan fingerprint density at radius 1 is 1.35 bits per heavy atom. The number of carbonyl (C=O) groups is 1. The molecule has 0 aliphatic rings. The van der Waals surface area contributed by atoms with E-state index in [1.165, 1.54) is 36.9 Å². The van der Waals surface area contributed by atoms with E-state index in [-0.39, 0.29) is 53.0 Å². The summed E-state index contributed by atoms with van der Waals surface area (Å²) in [5.41, 5.74) is 1.31. The molecule has 0 saturated carbocycles. The van der Waals surface area contributed by atoms with Crippen LogP contribution < -0.4 is 10.6 Å². The van der Waals surface area contributed by atoms with Crippen LogP contribution in [-0.2, 0) is 6.61 Å². The summed E-state index contributed by atoms with van der Waals surface area (Å²) < 4.78 is 33.4. The Kier molecular flexibility index (Phi) is 6.56. The zero-order valence-electron chi connectivity index (χ0n) is 18.0. The molecule has 0 radical (unpaired) electrons. The number of halogens is 2. The summed E-state index contributed by atoms with van der Waals surface area (Å²) in [6.45, 7) is 1.33. The van der Waals surface area contributed by atoms with Crippen LogP contribution in [0.2, 0.25) is 0 Å². The highest BCUT2D eigenvalue weighted by Crippen LogP contribution is 2.26. The SMILES string of the molecule is CNc1cc(F)ccc1C(=N)c1cnc2c(n1)c(C(=O)N[C@H](C)c1nc(CO)co1)cn2SF. The third kappa shape index (κ3) is 4.34. The molecule has 0 saturated heterocycles. The minimum Gasteiger partial charge on any atom is -0.446 e. The third-order valence-corrected chi connectivity index (χ3v) is 5.44. The second-order valence-corrected chi connectivity index (χ2v) is 7.74. The molecule has 1 atom stereocenters. The lowest BCUT2D eigenvalue weighted by Crippen LogP contribution is -2.27. The van der Waals surface area contributed by atoms with Gasteiger partial charge in [0.1, 0.15) is 35.0 Å². The number of hydrogen-bond donors (Lipinski definition) is 4. The fourth-order valence-electron chi connectivity index (χ4n) is 3.31. The average Bonchev–Trinajstić information content (AvgIpc) is 3.48. The van der Waals surface area contributed by atoms with Gasteiger partial charge in [-0.2, -0.15) is 0 Å². The van der Waals surface area contributed by atoms with Gasteiger partial charge in [0.15, 0.2) is 18.0 Å². The maximum atomic E-state index is 13.6. The molecule has 1 amide bonds. The van der Waals surface area contributed by atoms with E-state index in [1.54, 1.807) is 14.0 Å². The Morgan fingerprint density at radius 3 is 2.82 bits per heavy atom. The van der Waals surface area contributed by atoms with Crippen LogP contribution in [0, 0.1) is 11.2 Å². The average molecular weight is 487 g/mol. The first-order valence-electron chi connectivity index (χ1n) is 9.96. The maximum Gasteiger partial charge on any atom is 0.255 e. The molecule has 0 fully saturated rings. The van der Waals surface area contributed by atoms with Gasteiger partial charge >= 0.3 is 0 Å². The van der Waals surface area contributed by atoms with Crippen LogP contribution in [0.4, 0.5) is 14.0 Å². The lowest BCUT2D eigenvalue weighted by molar-refractivity contribution is 0.0935. The predicted octanol–water partition coefficient (Wildman–Crippen LogP) is 3.38. The van der Waals surface area contributed by atoms with Gasteiger partial charge in [-0.1, -0.05) is 0 Å². The molecule has 0 aliphatic carbocycles. The number of aliphatic hydroxyl groups excluding tert-OH is 1. The molecule has 176 valence electrons. The Morgan fingerprint density at radius 2 is 2.15 bits per heavy atom. The van der Waals surface area contributed by atoms with E-state index >= 15 is 0 Å². The first-order chi connectivity index (χ1) is 16.4. The van der Waals surface area contributed by atoms with Crippen molar-refractivity contribution >= 4 is 40.8 Å². The number of carbonyl (C=O) groups excluding carboxylic acids is 1. The summed E-state index contributed by atoms with van der Waals surface area (Å²) in [5, 5.41) is 23.2. The molecular formula is C21H19F2N7O3S. The zero-order valence-corrected chi connectivity index (χ0v) is 18.8. The molecule has 10 nitrogen and oxygen atoms in total. The number of hydrogen-bond acceptors (Lipinski definition) is 9. The van der Waals surface area contributed by atoms with Gasteiger partial charge < -0.3 is 20.2 Å². The number of aliphatic hydroxyl groups is 1. The van der Waals surface area contributed by atoms with Gasteiger partial charge in [0.25, 0.3) is 5.91 Å². The van der Waals surface area contributed by atoms with Gasteiger partial charge in [0.2, 0.25) is 5.89 Å². The Labute approximate surface area is 196 Å². The number of fused-ring (bicyclic) bond motifs is 1. The molecule has 4 aromatic rings. The van der Waals surface area contributed by atoms with E-state index in [2.05, 4.69) is 25.6 Å². The van der Waals surface area contributed by atoms with Crippen molar-refractivity contribution in [3.8, 4) is 0 Å². The third-order valence-electron chi connectivity index (χ3n) is 5.01. The van der Waals surface area contributed by atoms with E-state index in [0.29, 0.717) is 16.9 Å². The zero-order chi connectivity index (χ0) is 24.4. The summed E-state index contributed by atoms with van der Waals surface area (Å²) in [4.78, 5) is 25.6. The number of oxazole rings is 1. The van der Waals surface area contributed by atoms with E-state index < -0.39 is 17.8 Å². The summed E-state index contributed by atoms with van der Waals surface area (Å²) in [7, 11) is 1.60. The second-order valence-electron chi connectivity index (χ2n) is 7.21. The van der Waals surface area contributed by atoms with Gasteiger partial charge in [-0.15, -0.1) is 3.89 Å². The van der Waals surface area contributed by atoms with Crippen LogP contribution in [0.25, 0.3) is 11.2 Å². The fourth-order valence-corrected chi connectivity index (χ4v) is 3.66. The van der Waals surface area contributed by atoms with Crippen LogP contribution in [0.5, 0.6) is 0 Å². The standard InChI is InChI=1S/C21H19F2N7O3S/c1-10(21-28-12(8-31)9-33-21)27-20(32)14-7-30(34-23)19-18(14)29-16(6-26-19)17(24)13-4-3-11(22)5-15(13)25-2/h3-7,9-10,24-25,31H,8H2,1-2H3,(H,27,32)/t10-/m1/s1. The molecule has 13 heteroatoms. The molecule has 0 unspecified atom stereocenters. The number of amides is 1. The topological polar surface area (TPSA) is 142 Å². The van der Waals surface area contributed by atoms with Crippen molar-refractivity contribution in [1.82, 2.24) is 24.2 Å². The molecule has 1 aromatic carbocycles. The lowest BCUT2D eigenvalue weighted by Gasteiger charge is -2.11. The van der Waals surface area contributed by atoms with Crippen molar-refractivity contribution < 1.29 is 22.6 Å². The molecule has 0 spiro atoms. The number of benzene rings is 1. The normalized spacial score (nSPS) is 12.0. The summed E-state index contributed by atoms with van der Waals surface area (Å²) >= 11 is -0.153. The number of rotatable bonds is 8. The fraction of sp³-hybridized carbons (Fsp3) is 0.190. The van der Waals surface area contributed by atoms with Crippen molar-refractivity contribution in [2.75, 3.05) is 12.4 Å². The summed E-state index contributed by atoms with van der Waals surface area (Å²) in [6.07, 6.45) is 3.81. The van der Waals surface area contributed by atoms with Crippen molar-refractivity contribution in [2.45, 2.75) is 19.6 Å². The number of anilines is 1. The van der Waals surface area contributed by atoms with Crippen LogP contribution in [0.15, 0.2) is 41.3 Å². The smallest absolute Gasteiger partial charge is 0.255 e. The molecule has 4 N–H and O–H groups in total. The summed E-state index contributed by atoms with van der Waals surface area (Å²) in [5.74, 6) is -0.875. The molecule has 3 aromatic heterocycles. The van der Waals surface area contributed by atoms with Gasteiger partial charge in [-0.25, -0.2) is 23.3 Å². The highest BCUT2D eigenvalue weighted by atomic mass is 32.2. The Hall–Kier alpha value is -3.84. The molecule has 3 heterocycles. The predicted molar refractivity (Wildman–Crippen MR) is 122 cm³/mol. The largest absolute Gasteiger partial charge is 0.446 e. The lowest BCUT2D eigenvalue weighted by atomic mass is 10.1. The molecule has 0 aliphatic heterocycles. The molecule has 4 rings (SSSR count). The molecular weight excluding hydrogens is 468 g/mol. The van der Waals surface area contributed by atoms with E-state index in [1.807, 2.05) is 0 Å². The van der Waals surface area contributed by atoms with Crippen LogP contribution in [0.3, 0.4) is 0 Å². The van der Waals surface area contributed by atoms with E-state index in [4.69, 9.17) is 14.9 Å². The highest BCUT2D eigenvalue weighted by molar-refractivity contribution is 7.92. The van der Waals surface area contributed by atoms with Gasteiger partial charge in [0, 0.05) is 24.5 Å². The summed E-state index contributed by atoms with van der Waals surface area (Å²) in [6, 6.07) is 3.25. The number of nitrogens with zero attached hydrogens (tertiary/aromatic N) is 4. The van der Waals surface area contributed by atoms with Crippen molar-refractivity contribution in [2.24, 2.45) is 0 Å². The van der Waals surface area contributed by atoms with Gasteiger partial charge in [-0.05, 0) is 25.1 Å². The van der Waals surface area contributed by atoms with Crippen molar-refractivity contribution in [3.63, 3.8) is 0 Å². The van der Waals surface area contributed by atoms with Crippen molar-refractivity contribution in [1.29, 1.82) is 5.41 Å². The first-order valence-corrected chi connectivity index (χ1v) is 10.6. The molecule has 34 heavy (non-hydrogen) atoms. The van der Waals surface area contributed by atoms with Gasteiger partial charge in [-0.3, -0.25) is 10.2 Å². The number of aromatic nitrogens is 4. The van der Waals surface area contributed by atoms with Gasteiger partial charge in [0.05, 0.1) is 24.1 Å². The monoisotopic (exact) mass is 487 g/mol. The van der Waals surface area contributed by atoms with Crippen LogP contribution in [0.1, 0.15) is 46.2 Å². The Bertz CT molecular complexity index is 1390. The molecule has 0 bridgehead atoms. The minimum absolute atomic E-state index is 0.0241. The van der Waals surface area contributed by atoms with Crippen molar-refractivity contribution in [3.05, 3.63) is 71.1 Å². The second kappa shape index (κ2) is 9.57. The highest BCUT2D eigenvalue weighted by Gasteiger charge is 2.23. The first kappa shape index (κ1) is 23.3. The number of nitrogens with one attached hydrogen (secondary N) is 3. The maximum absolute atomic E-state index is 13.6. The minimum atomic E-state index is -0.656. The van der Waals surface area contributed by atoms with Crippen LogP contribution in [-0.4, -0.2) is 42.7 Å².